The van der Waals surface area contributed by atoms with Gasteiger partial charge in [0.15, 0.2) is 0 Å². The SMILES string of the molecule is C/C=C/COc1ccc(C)nc1. The van der Waals surface area contributed by atoms with Gasteiger partial charge in [0, 0.05) is 5.69 Å². The number of aromatic nitrogens is 1. The van der Waals surface area contributed by atoms with Crippen molar-refractivity contribution >= 4 is 0 Å². The Morgan fingerprint density at radius 2 is 2.33 bits per heavy atom. The van der Waals surface area contributed by atoms with Crippen LogP contribution in [0.4, 0.5) is 0 Å². The van der Waals surface area contributed by atoms with Crippen LogP contribution in [-0.4, -0.2) is 11.6 Å². The first-order chi connectivity index (χ1) is 5.83. The fourth-order valence-corrected chi connectivity index (χ4v) is 0.780. The molecule has 0 aliphatic rings. The van der Waals surface area contributed by atoms with Crippen molar-refractivity contribution in [2.75, 3.05) is 6.61 Å². The Hall–Kier alpha value is -1.31. The molecule has 1 rings (SSSR count). The number of nitrogens with zero attached hydrogens (tertiary/aromatic N) is 1. The summed E-state index contributed by atoms with van der Waals surface area (Å²) in [5.41, 5.74) is 1.01. The first kappa shape index (κ1) is 8.78. The average Bonchev–Trinajstić information content (AvgIpc) is 2.09. The van der Waals surface area contributed by atoms with E-state index in [-0.39, 0.29) is 0 Å². The zero-order chi connectivity index (χ0) is 8.81. The molecule has 0 atom stereocenters. The third kappa shape index (κ3) is 2.74. The Morgan fingerprint density at radius 1 is 1.50 bits per heavy atom. The molecule has 0 fully saturated rings. The van der Waals surface area contributed by atoms with Crippen LogP contribution in [0.3, 0.4) is 0 Å². The van der Waals surface area contributed by atoms with Crippen LogP contribution in [0.15, 0.2) is 30.5 Å². The summed E-state index contributed by atoms with van der Waals surface area (Å²) < 4.78 is 5.35. The summed E-state index contributed by atoms with van der Waals surface area (Å²) >= 11 is 0. The third-order valence-corrected chi connectivity index (χ3v) is 1.47. The number of pyridine rings is 1. The van der Waals surface area contributed by atoms with E-state index in [9.17, 15) is 0 Å². The molecule has 0 bridgehead atoms. The summed E-state index contributed by atoms with van der Waals surface area (Å²) in [5, 5.41) is 0. The second-order valence-electron chi connectivity index (χ2n) is 2.52. The van der Waals surface area contributed by atoms with Crippen molar-refractivity contribution in [2.45, 2.75) is 13.8 Å². The molecule has 0 unspecified atom stereocenters. The summed E-state index contributed by atoms with van der Waals surface area (Å²) in [5.74, 6) is 0.818. The molecule has 12 heavy (non-hydrogen) atoms. The molecule has 0 amide bonds. The van der Waals surface area contributed by atoms with Crippen molar-refractivity contribution in [3.63, 3.8) is 0 Å². The third-order valence-electron chi connectivity index (χ3n) is 1.47. The molecule has 2 nitrogen and oxygen atoms in total. The zero-order valence-corrected chi connectivity index (χ0v) is 7.45. The van der Waals surface area contributed by atoms with Gasteiger partial charge in [-0.2, -0.15) is 0 Å². The lowest BCUT2D eigenvalue weighted by Crippen LogP contribution is -1.93. The Bertz CT molecular complexity index is 251. The molecule has 1 aromatic heterocycles. The van der Waals surface area contributed by atoms with E-state index in [2.05, 4.69) is 4.98 Å². The van der Waals surface area contributed by atoms with Gasteiger partial charge in [-0.15, -0.1) is 0 Å². The number of ether oxygens (including phenoxy) is 1. The topological polar surface area (TPSA) is 22.1 Å². The van der Waals surface area contributed by atoms with Crippen LogP contribution in [0.5, 0.6) is 5.75 Å². The maximum absolute atomic E-state index is 5.35. The predicted octanol–water partition coefficient (Wildman–Crippen LogP) is 2.34. The highest BCUT2D eigenvalue weighted by atomic mass is 16.5. The molecule has 0 saturated carbocycles. The second-order valence-corrected chi connectivity index (χ2v) is 2.52. The molecule has 64 valence electrons. The maximum Gasteiger partial charge on any atom is 0.138 e. The Labute approximate surface area is 72.9 Å². The molecule has 0 aromatic carbocycles. The molecule has 2 heteroatoms. The molecular formula is C10H13NO. The fraction of sp³-hybridized carbons (Fsp3) is 0.300. The highest BCUT2D eigenvalue weighted by Crippen LogP contribution is 2.07. The van der Waals surface area contributed by atoms with Crippen molar-refractivity contribution in [3.05, 3.63) is 36.2 Å². The number of hydrogen-bond acceptors (Lipinski definition) is 2. The van der Waals surface area contributed by atoms with Crippen molar-refractivity contribution in [1.82, 2.24) is 4.98 Å². The fourth-order valence-electron chi connectivity index (χ4n) is 0.780. The Morgan fingerprint density at radius 3 is 2.92 bits per heavy atom. The summed E-state index contributed by atoms with van der Waals surface area (Å²) in [6.45, 7) is 4.54. The largest absolute Gasteiger partial charge is 0.488 e. The van der Waals surface area contributed by atoms with Crippen molar-refractivity contribution in [1.29, 1.82) is 0 Å². The minimum absolute atomic E-state index is 0.612. The van der Waals surface area contributed by atoms with E-state index in [1.54, 1.807) is 6.20 Å². The van der Waals surface area contributed by atoms with E-state index in [0.717, 1.165) is 11.4 Å². The number of rotatable bonds is 3. The van der Waals surface area contributed by atoms with Gasteiger partial charge in [-0.05, 0) is 26.0 Å². The van der Waals surface area contributed by atoms with Crippen molar-refractivity contribution < 1.29 is 4.74 Å². The summed E-state index contributed by atoms with van der Waals surface area (Å²) in [7, 11) is 0. The van der Waals surface area contributed by atoms with E-state index >= 15 is 0 Å². The number of aryl methyl sites for hydroxylation is 1. The highest BCUT2D eigenvalue weighted by molar-refractivity contribution is 5.19. The van der Waals surface area contributed by atoms with Crippen LogP contribution in [0.1, 0.15) is 12.6 Å². The van der Waals surface area contributed by atoms with Gasteiger partial charge in [-0.1, -0.05) is 12.2 Å². The molecule has 0 aliphatic carbocycles. The van der Waals surface area contributed by atoms with Crippen LogP contribution < -0.4 is 4.74 Å². The van der Waals surface area contributed by atoms with Crippen LogP contribution in [0.25, 0.3) is 0 Å². The molecule has 1 heterocycles. The first-order valence-corrected chi connectivity index (χ1v) is 3.99. The van der Waals surface area contributed by atoms with E-state index in [1.807, 2.05) is 38.1 Å². The minimum atomic E-state index is 0.612. The molecule has 0 radical (unpaired) electrons. The van der Waals surface area contributed by atoms with E-state index in [0.29, 0.717) is 6.61 Å². The van der Waals surface area contributed by atoms with Gasteiger partial charge in [0.05, 0.1) is 6.20 Å². The number of allylic oxidation sites excluding steroid dienone is 1. The maximum atomic E-state index is 5.35. The van der Waals surface area contributed by atoms with Crippen molar-refractivity contribution in [2.24, 2.45) is 0 Å². The van der Waals surface area contributed by atoms with Gasteiger partial charge in [0.25, 0.3) is 0 Å². The monoisotopic (exact) mass is 163 g/mol. The lowest BCUT2D eigenvalue weighted by Gasteiger charge is -2.01. The van der Waals surface area contributed by atoms with Crippen LogP contribution >= 0.6 is 0 Å². The minimum Gasteiger partial charge on any atom is -0.488 e. The molecule has 0 saturated heterocycles. The lowest BCUT2D eigenvalue weighted by atomic mass is 10.4. The smallest absolute Gasteiger partial charge is 0.138 e. The van der Waals surface area contributed by atoms with Crippen molar-refractivity contribution in [3.8, 4) is 5.75 Å². The first-order valence-electron chi connectivity index (χ1n) is 3.99. The standard InChI is InChI=1S/C10H13NO/c1-3-4-7-12-10-6-5-9(2)11-8-10/h3-6,8H,7H2,1-2H3/b4-3+. The van der Waals surface area contributed by atoms with Gasteiger partial charge in [0.2, 0.25) is 0 Å². The second kappa shape index (κ2) is 4.54. The molecule has 0 aliphatic heterocycles. The Kier molecular flexibility index (Phi) is 3.33. The number of hydrogen-bond donors (Lipinski definition) is 0. The van der Waals surface area contributed by atoms with Crippen LogP contribution in [0.2, 0.25) is 0 Å². The quantitative estimate of drug-likeness (QED) is 0.638. The Balaban J connectivity index is 2.47. The lowest BCUT2D eigenvalue weighted by molar-refractivity contribution is 0.361. The van der Waals surface area contributed by atoms with E-state index in [1.165, 1.54) is 0 Å². The van der Waals surface area contributed by atoms with Crippen LogP contribution in [0, 0.1) is 6.92 Å². The van der Waals surface area contributed by atoms with Gasteiger partial charge in [-0.25, -0.2) is 0 Å². The average molecular weight is 163 g/mol. The summed E-state index contributed by atoms with van der Waals surface area (Å²) in [6.07, 6.45) is 5.65. The van der Waals surface area contributed by atoms with Crippen LogP contribution in [-0.2, 0) is 0 Å². The summed E-state index contributed by atoms with van der Waals surface area (Å²) in [6, 6.07) is 3.86. The van der Waals surface area contributed by atoms with Gasteiger partial charge in [0.1, 0.15) is 12.4 Å². The molecule has 0 N–H and O–H groups in total. The van der Waals surface area contributed by atoms with E-state index in [4.69, 9.17) is 4.74 Å². The molecule has 0 spiro atoms. The van der Waals surface area contributed by atoms with Gasteiger partial charge in [-0.3, -0.25) is 4.98 Å². The van der Waals surface area contributed by atoms with Gasteiger partial charge < -0.3 is 4.74 Å². The molecule has 1 aromatic rings. The summed E-state index contributed by atoms with van der Waals surface area (Å²) in [4.78, 5) is 4.11. The normalized spacial score (nSPS) is 10.5. The zero-order valence-electron chi connectivity index (χ0n) is 7.45. The predicted molar refractivity (Wildman–Crippen MR) is 49.3 cm³/mol. The molecular weight excluding hydrogens is 150 g/mol. The highest BCUT2D eigenvalue weighted by Gasteiger charge is 1.90. The van der Waals surface area contributed by atoms with Gasteiger partial charge >= 0.3 is 0 Å². The van der Waals surface area contributed by atoms with E-state index < -0.39 is 0 Å².